The van der Waals surface area contributed by atoms with Crippen molar-refractivity contribution in [3.05, 3.63) is 83.4 Å². The van der Waals surface area contributed by atoms with Crippen LogP contribution in [0.5, 0.6) is 5.75 Å². The third-order valence-corrected chi connectivity index (χ3v) is 5.05. The van der Waals surface area contributed by atoms with Crippen LogP contribution in [0.25, 0.3) is 11.0 Å². The Balaban J connectivity index is 1.83. The van der Waals surface area contributed by atoms with Gasteiger partial charge < -0.3 is 9.15 Å². The topological polar surface area (TPSA) is 25.6 Å². The van der Waals surface area contributed by atoms with Crippen molar-refractivity contribution >= 4 is 28.2 Å². The summed E-state index contributed by atoms with van der Waals surface area (Å²) in [6.07, 6.45) is 0.869. The van der Waals surface area contributed by atoms with Crippen molar-refractivity contribution in [2.24, 2.45) is 0 Å². The normalized spacial score (nSPS) is 12.8. The largest absolute Gasteiger partial charge is 0.495 e. The van der Waals surface area contributed by atoms with Gasteiger partial charge in [0.1, 0.15) is 11.3 Å². The molecule has 1 aliphatic heterocycles. The van der Waals surface area contributed by atoms with Gasteiger partial charge in [0.05, 0.1) is 18.5 Å². The quantitative estimate of drug-likeness (QED) is 0.386. The lowest BCUT2D eigenvalue weighted by Gasteiger charge is -2.30. The third-order valence-electron chi connectivity index (χ3n) is 5.05. The zero-order valence-corrected chi connectivity index (χ0v) is 14.8. The summed E-state index contributed by atoms with van der Waals surface area (Å²) in [5, 5.41) is 1.19. The van der Waals surface area contributed by atoms with E-state index in [0.717, 1.165) is 35.0 Å². The van der Waals surface area contributed by atoms with Crippen molar-refractivity contribution < 1.29 is 9.15 Å². The highest BCUT2D eigenvalue weighted by Crippen LogP contribution is 2.49. The molecular formula is C23H19NO2. The van der Waals surface area contributed by atoms with Crippen LogP contribution < -0.4 is 9.64 Å². The van der Waals surface area contributed by atoms with Crippen molar-refractivity contribution in [2.75, 3.05) is 12.0 Å². The number of aryl methyl sites for hydroxylation is 1. The first-order chi connectivity index (χ1) is 12.8. The summed E-state index contributed by atoms with van der Waals surface area (Å²) < 4.78 is 12.0. The van der Waals surface area contributed by atoms with Gasteiger partial charge >= 0.3 is 0 Å². The van der Waals surface area contributed by atoms with Gasteiger partial charge in [0, 0.05) is 17.4 Å². The molecule has 0 N–H and O–H groups in total. The minimum absolute atomic E-state index is 0.826. The van der Waals surface area contributed by atoms with Crippen molar-refractivity contribution in [3.63, 3.8) is 0 Å². The molecule has 1 aliphatic rings. The maximum absolute atomic E-state index is 6.34. The fourth-order valence-corrected chi connectivity index (χ4v) is 3.83. The van der Waals surface area contributed by atoms with E-state index in [1.165, 1.54) is 22.1 Å². The van der Waals surface area contributed by atoms with E-state index in [4.69, 9.17) is 9.15 Å². The van der Waals surface area contributed by atoms with Crippen LogP contribution in [0.1, 0.15) is 16.7 Å². The lowest BCUT2D eigenvalue weighted by atomic mass is 9.96. The third kappa shape index (κ3) is 2.14. The van der Waals surface area contributed by atoms with E-state index in [9.17, 15) is 0 Å². The molecule has 4 aromatic rings. The zero-order valence-electron chi connectivity index (χ0n) is 14.8. The standard InChI is InChI=1S/C23H19NO2/c1-15-11-12-21-17(13-15)18-14-16-7-3-4-8-19(16)24(23(18)26-21)20-9-5-6-10-22(20)25-2/h3-13H,14H2,1-2H3. The van der Waals surface area contributed by atoms with E-state index in [-0.39, 0.29) is 0 Å². The number of nitrogens with zero attached hydrogens (tertiary/aromatic N) is 1. The zero-order chi connectivity index (χ0) is 17.7. The molecule has 3 heteroatoms. The summed E-state index contributed by atoms with van der Waals surface area (Å²) in [5.41, 5.74) is 6.81. The Morgan fingerprint density at radius 1 is 0.923 bits per heavy atom. The van der Waals surface area contributed by atoms with Gasteiger partial charge in [0.25, 0.3) is 0 Å². The molecule has 128 valence electrons. The maximum Gasteiger partial charge on any atom is 0.209 e. The number of ether oxygens (including phenoxy) is 1. The Bertz CT molecular complexity index is 1130. The summed E-state index contributed by atoms with van der Waals surface area (Å²) in [6.45, 7) is 2.12. The van der Waals surface area contributed by atoms with Gasteiger partial charge in [-0.05, 0) is 42.8 Å². The molecule has 0 fully saturated rings. The number of anilines is 3. The van der Waals surface area contributed by atoms with Crippen LogP contribution in [0.4, 0.5) is 17.3 Å². The van der Waals surface area contributed by atoms with Crippen LogP contribution in [0, 0.1) is 6.92 Å². The van der Waals surface area contributed by atoms with Gasteiger partial charge in [-0.3, -0.25) is 4.90 Å². The summed E-state index contributed by atoms with van der Waals surface area (Å²) in [4.78, 5) is 2.18. The number of rotatable bonds is 2. The van der Waals surface area contributed by atoms with E-state index in [1.54, 1.807) is 7.11 Å². The first-order valence-corrected chi connectivity index (χ1v) is 8.79. The van der Waals surface area contributed by atoms with Crippen molar-refractivity contribution in [3.8, 4) is 5.75 Å². The lowest BCUT2D eigenvalue weighted by Crippen LogP contribution is -2.17. The van der Waals surface area contributed by atoms with E-state index < -0.39 is 0 Å². The Morgan fingerprint density at radius 3 is 2.54 bits per heavy atom. The first-order valence-electron chi connectivity index (χ1n) is 8.79. The van der Waals surface area contributed by atoms with E-state index in [2.05, 4.69) is 60.4 Å². The average Bonchev–Trinajstić information content (AvgIpc) is 3.03. The van der Waals surface area contributed by atoms with Crippen LogP contribution in [0.2, 0.25) is 0 Å². The summed E-state index contributed by atoms with van der Waals surface area (Å²) >= 11 is 0. The Labute approximate surface area is 152 Å². The number of benzene rings is 3. The van der Waals surface area contributed by atoms with E-state index >= 15 is 0 Å². The minimum Gasteiger partial charge on any atom is -0.495 e. The predicted molar refractivity (Wildman–Crippen MR) is 105 cm³/mol. The SMILES string of the molecule is COc1ccccc1N1c2ccccc2Cc2c1oc1ccc(C)cc21. The van der Waals surface area contributed by atoms with Crippen LogP contribution in [0.15, 0.2) is 71.1 Å². The minimum atomic E-state index is 0.826. The van der Waals surface area contributed by atoms with Crippen molar-refractivity contribution in [1.29, 1.82) is 0 Å². The second-order valence-electron chi connectivity index (χ2n) is 6.70. The van der Waals surface area contributed by atoms with Gasteiger partial charge in [0.2, 0.25) is 5.88 Å². The first kappa shape index (κ1) is 15.1. The molecule has 0 radical (unpaired) electrons. The molecule has 0 unspecified atom stereocenters. The highest BCUT2D eigenvalue weighted by atomic mass is 16.5. The molecule has 3 aromatic carbocycles. The molecular weight excluding hydrogens is 322 g/mol. The highest BCUT2D eigenvalue weighted by Gasteiger charge is 2.30. The Morgan fingerprint density at radius 2 is 1.69 bits per heavy atom. The van der Waals surface area contributed by atoms with Crippen LogP contribution >= 0.6 is 0 Å². The molecule has 0 spiro atoms. The molecule has 0 bridgehead atoms. The van der Waals surface area contributed by atoms with Crippen LogP contribution in [0.3, 0.4) is 0 Å². The highest BCUT2D eigenvalue weighted by molar-refractivity contribution is 5.94. The maximum atomic E-state index is 6.34. The van der Waals surface area contributed by atoms with Gasteiger partial charge in [-0.1, -0.05) is 42.0 Å². The number of methoxy groups -OCH3 is 1. The predicted octanol–water partition coefficient (Wildman–Crippen LogP) is 6.12. The van der Waals surface area contributed by atoms with Gasteiger partial charge in [-0.15, -0.1) is 0 Å². The van der Waals surface area contributed by atoms with Crippen molar-refractivity contribution in [1.82, 2.24) is 0 Å². The van der Waals surface area contributed by atoms with Crippen molar-refractivity contribution in [2.45, 2.75) is 13.3 Å². The van der Waals surface area contributed by atoms with Gasteiger partial charge in [-0.2, -0.15) is 0 Å². The average molecular weight is 341 g/mol. The molecule has 0 amide bonds. The second-order valence-corrected chi connectivity index (χ2v) is 6.70. The molecule has 26 heavy (non-hydrogen) atoms. The fourth-order valence-electron chi connectivity index (χ4n) is 3.83. The molecule has 1 aromatic heterocycles. The molecule has 2 heterocycles. The van der Waals surface area contributed by atoms with Gasteiger partial charge in [-0.25, -0.2) is 0 Å². The van der Waals surface area contributed by atoms with E-state index in [0.29, 0.717) is 0 Å². The Hall–Kier alpha value is -3.20. The Kier molecular flexibility index (Phi) is 3.29. The number of fused-ring (bicyclic) bond motifs is 4. The number of hydrogen-bond acceptors (Lipinski definition) is 3. The number of para-hydroxylation sites is 3. The van der Waals surface area contributed by atoms with Crippen LogP contribution in [-0.2, 0) is 6.42 Å². The second kappa shape index (κ2) is 5.67. The number of hydrogen-bond donors (Lipinski definition) is 0. The fraction of sp³-hybridized carbons (Fsp3) is 0.130. The smallest absolute Gasteiger partial charge is 0.209 e. The molecule has 0 saturated carbocycles. The van der Waals surface area contributed by atoms with Crippen LogP contribution in [-0.4, -0.2) is 7.11 Å². The monoisotopic (exact) mass is 341 g/mol. The summed E-state index contributed by atoms with van der Waals surface area (Å²) in [6, 6.07) is 22.9. The summed E-state index contributed by atoms with van der Waals surface area (Å²) in [5.74, 6) is 1.71. The molecule has 0 saturated heterocycles. The molecule has 5 rings (SSSR count). The lowest BCUT2D eigenvalue weighted by molar-refractivity contribution is 0.415. The number of furan rings is 1. The van der Waals surface area contributed by atoms with Gasteiger partial charge in [0.15, 0.2) is 0 Å². The summed E-state index contributed by atoms with van der Waals surface area (Å²) in [7, 11) is 1.71. The molecule has 0 aliphatic carbocycles. The molecule has 3 nitrogen and oxygen atoms in total. The molecule has 0 atom stereocenters. The van der Waals surface area contributed by atoms with E-state index in [1.807, 2.05) is 18.2 Å².